The maximum absolute atomic E-state index is 5.99. The summed E-state index contributed by atoms with van der Waals surface area (Å²) in [4.78, 5) is 0. The van der Waals surface area contributed by atoms with E-state index < -0.39 is 0 Å². The van der Waals surface area contributed by atoms with E-state index in [0.717, 1.165) is 28.6 Å². The molecule has 0 spiro atoms. The van der Waals surface area contributed by atoms with Crippen molar-refractivity contribution in [2.75, 3.05) is 11.9 Å². The zero-order valence-corrected chi connectivity index (χ0v) is 8.48. The summed E-state index contributed by atoms with van der Waals surface area (Å²) in [7, 11) is 0. The Kier molecular flexibility index (Phi) is 2.08. The minimum atomic E-state index is 0.214. The molecule has 0 saturated carbocycles. The van der Waals surface area contributed by atoms with Crippen LogP contribution in [0.25, 0.3) is 0 Å². The van der Waals surface area contributed by atoms with Crippen molar-refractivity contribution in [3.63, 3.8) is 0 Å². The Morgan fingerprint density at radius 3 is 3.08 bits per heavy atom. The molecule has 13 heavy (non-hydrogen) atoms. The van der Waals surface area contributed by atoms with E-state index in [1.54, 1.807) is 0 Å². The van der Waals surface area contributed by atoms with Crippen molar-refractivity contribution in [1.29, 1.82) is 0 Å². The number of ether oxygens (including phenoxy) is 1. The molecule has 1 atom stereocenters. The number of hydrogen-bond acceptors (Lipinski definition) is 2. The van der Waals surface area contributed by atoms with Crippen molar-refractivity contribution in [2.24, 2.45) is 0 Å². The van der Waals surface area contributed by atoms with Crippen LogP contribution in [0.2, 0.25) is 5.02 Å². The zero-order valence-electron chi connectivity index (χ0n) is 7.73. The Morgan fingerprint density at radius 1 is 1.54 bits per heavy atom. The van der Waals surface area contributed by atoms with Crippen molar-refractivity contribution in [3.8, 4) is 5.75 Å². The standard InChI is InChI=1S/C10H12ClNO/c1-6-3-9-10(4-8(6)11)13-7(2)5-12-9/h3-4,7,12H,5H2,1-2H3. The third-order valence-corrected chi connectivity index (χ3v) is 2.58. The second-order valence-corrected chi connectivity index (χ2v) is 3.81. The van der Waals surface area contributed by atoms with Crippen LogP contribution in [-0.2, 0) is 0 Å². The van der Waals surface area contributed by atoms with Gasteiger partial charge in [0.1, 0.15) is 11.9 Å². The number of nitrogens with one attached hydrogen (secondary N) is 1. The van der Waals surface area contributed by atoms with E-state index in [4.69, 9.17) is 16.3 Å². The summed E-state index contributed by atoms with van der Waals surface area (Å²) < 4.78 is 5.62. The predicted octanol–water partition coefficient (Wildman–Crippen LogP) is 2.84. The maximum Gasteiger partial charge on any atom is 0.144 e. The highest BCUT2D eigenvalue weighted by Crippen LogP contribution is 2.33. The molecule has 1 aromatic carbocycles. The second kappa shape index (κ2) is 3.11. The van der Waals surface area contributed by atoms with Gasteiger partial charge < -0.3 is 10.1 Å². The summed E-state index contributed by atoms with van der Waals surface area (Å²) in [6.07, 6.45) is 0.214. The lowest BCUT2D eigenvalue weighted by Gasteiger charge is -2.25. The Bertz CT molecular complexity index is 338. The van der Waals surface area contributed by atoms with Crippen molar-refractivity contribution in [2.45, 2.75) is 20.0 Å². The third-order valence-electron chi connectivity index (χ3n) is 2.17. The normalized spacial score (nSPS) is 20.1. The Balaban J connectivity index is 2.43. The van der Waals surface area contributed by atoms with Gasteiger partial charge in [0, 0.05) is 11.1 Å². The van der Waals surface area contributed by atoms with E-state index in [9.17, 15) is 0 Å². The van der Waals surface area contributed by atoms with Crippen molar-refractivity contribution in [1.82, 2.24) is 0 Å². The average Bonchev–Trinajstić information content (AvgIpc) is 2.08. The fourth-order valence-corrected chi connectivity index (χ4v) is 1.56. The molecule has 70 valence electrons. The fourth-order valence-electron chi connectivity index (χ4n) is 1.41. The second-order valence-electron chi connectivity index (χ2n) is 3.41. The molecule has 0 fully saturated rings. The fraction of sp³-hybridized carbons (Fsp3) is 0.400. The highest BCUT2D eigenvalue weighted by Gasteiger charge is 2.16. The number of rotatable bonds is 0. The van der Waals surface area contributed by atoms with Gasteiger partial charge in [-0.15, -0.1) is 0 Å². The molecule has 1 unspecified atom stereocenters. The van der Waals surface area contributed by atoms with Crippen LogP contribution in [0, 0.1) is 6.92 Å². The van der Waals surface area contributed by atoms with E-state index >= 15 is 0 Å². The van der Waals surface area contributed by atoms with Gasteiger partial charge in [0.15, 0.2) is 0 Å². The summed E-state index contributed by atoms with van der Waals surface area (Å²) in [5.41, 5.74) is 2.12. The molecule has 1 aliphatic rings. The third kappa shape index (κ3) is 1.59. The van der Waals surface area contributed by atoms with Gasteiger partial charge in [0.2, 0.25) is 0 Å². The Hall–Kier alpha value is -0.890. The molecule has 2 rings (SSSR count). The van der Waals surface area contributed by atoms with Crippen LogP contribution in [0.1, 0.15) is 12.5 Å². The van der Waals surface area contributed by atoms with Gasteiger partial charge in [-0.3, -0.25) is 0 Å². The van der Waals surface area contributed by atoms with Crippen molar-refractivity contribution < 1.29 is 4.74 Å². The number of aryl methyl sites for hydroxylation is 1. The van der Waals surface area contributed by atoms with Gasteiger partial charge in [0.25, 0.3) is 0 Å². The molecule has 3 heteroatoms. The van der Waals surface area contributed by atoms with Crippen molar-refractivity contribution in [3.05, 3.63) is 22.7 Å². The van der Waals surface area contributed by atoms with E-state index in [1.165, 1.54) is 0 Å². The van der Waals surface area contributed by atoms with Gasteiger partial charge in [-0.1, -0.05) is 11.6 Å². The van der Waals surface area contributed by atoms with Crippen LogP contribution >= 0.6 is 11.6 Å². The van der Waals surface area contributed by atoms with Crippen LogP contribution in [0.15, 0.2) is 12.1 Å². The minimum Gasteiger partial charge on any atom is -0.487 e. The molecular weight excluding hydrogens is 186 g/mol. The Morgan fingerprint density at radius 2 is 2.31 bits per heavy atom. The molecule has 2 nitrogen and oxygen atoms in total. The van der Waals surface area contributed by atoms with Gasteiger partial charge in [0.05, 0.1) is 12.2 Å². The van der Waals surface area contributed by atoms with E-state index in [0.29, 0.717) is 0 Å². The van der Waals surface area contributed by atoms with E-state index in [1.807, 2.05) is 26.0 Å². The molecule has 1 aromatic rings. The lowest BCUT2D eigenvalue weighted by molar-refractivity contribution is 0.226. The summed E-state index contributed by atoms with van der Waals surface area (Å²) in [6.45, 7) is 4.88. The monoisotopic (exact) mass is 197 g/mol. The first-order valence-corrected chi connectivity index (χ1v) is 4.75. The van der Waals surface area contributed by atoms with Gasteiger partial charge in [-0.05, 0) is 25.5 Å². The molecule has 0 aromatic heterocycles. The summed E-state index contributed by atoms with van der Waals surface area (Å²) in [6, 6.07) is 3.89. The van der Waals surface area contributed by atoms with Gasteiger partial charge >= 0.3 is 0 Å². The summed E-state index contributed by atoms with van der Waals surface area (Å²) in [5, 5.41) is 4.06. The maximum atomic E-state index is 5.99. The number of benzene rings is 1. The number of hydrogen-bond donors (Lipinski definition) is 1. The largest absolute Gasteiger partial charge is 0.487 e. The van der Waals surface area contributed by atoms with Crippen molar-refractivity contribution >= 4 is 17.3 Å². The first-order valence-electron chi connectivity index (χ1n) is 4.37. The van der Waals surface area contributed by atoms with Crippen LogP contribution in [0.5, 0.6) is 5.75 Å². The lowest BCUT2D eigenvalue weighted by atomic mass is 10.1. The first kappa shape index (κ1) is 8.70. The van der Waals surface area contributed by atoms with Crippen LogP contribution in [0.3, 0.4) is 0 Å². The molecule has 0 bridgehead atoms. The predicted molar refractivity (Wildman–Crippen MR) is 54.8 cm³/mol. The smallest absolute Gasteiger partial charge is 0.144 e. The van der Waals surface area contributed by atoms with Gasteiger partial charge in [-0.2, -0.15) is 0 Å². The molecule has 1 aliphatic heterocycles. The SMILES string of the molecule is Cc1cc2c(cc1Cl)OC(C)CN2. The average molecular weight is 198 g/mol. The Labute approximate surface area is 82.9 Å². The highest BCUT2D eigenvalue weighted by molar-refractivity contribution is 6.31. The van der Waals surface area contributed by atoms with Crippen LogP contribution in [-0.4, -0.2) is 12.6 Å². The summed E-state index contributed by atoms with van der Waals surface area (Å²) in [5.74, 6) is 0.856. The van der Waals surface area contributed by atoms with E-state index in [2.05, 4.69) is 5.32 Å². The highest BCUT2D eigenvalue weighted by atomic mass is 35.5. The quantitative estimate of drug-likeness (QED) is 0.691. The zero-order chi connectivity index (χ0) is 9.42. The lowest BCUT2D eigenvalue weighted by Crippen LogP contribution is -2.27. The van der Waals surface area contributed by atoms with Gasteiger partial charge in [-0.25, -0.2) is 0 Å². The van der Waals surface area contributed by atoms with Crippen LogP contribution in [0.4, 0.5) is 5.69 Å². The molecule has 0 saturated heterocycles. The molecule has 1 N–H and O–H groups in total. The first-order chi connectivity index (χ1) is 6.16. The number of halogens is 1. The molecule has 0 aliphatic carbocycles. The molecule has 0 radical (unpaired) electrons. The molecule has 0 amide bonds. The van der Waals surface area contributed by atoms with Crippen LogP contribution < -0.4 is 10.1 Å². The number of anilines is 1. The summed E-state index contributed by atoms with van der Waals surface area (Å²) >= 11 is 5.99. The molecular formula is C10H12ClNO. The molecule has 1 heterocycles. The minimum absolute atomic E-state index is 0.214. The topological polar surface area (TPSA) is 21.3 Å². The number of fused-ring (bicyclic) bond motifs is 1. The van der Waals surface area contributed by atoms with E-state index in [-0.39, 0.29) is 6.10 Å².